The van der Waals surface area contributed by atoms with Gasteiger partial charge in [0.25, 0.3) is 5.91 Å². The fourth-order valence-corrected chi connectivity index (χ4v) is 5.31. The van der Waals surface area contributed by atoms with Crippen molar-refractivity contribution in [2.45, 2.75) is 64.5 Å². The fourth-order valence-electron chi connectivity index (χ4n) is 5.31. The zero-order valence-electron chi connectivity index (χ0n) is 21.9. The summed E-state index contributed by atoms with van der Waals surface area (Å²) in [5.41, 5.74) is 6.00. The van der Waals surface area contributed by atoms with E-state index in [-0.39, 0.29) is 17.7 Å². The number of hydrazone groups is 1. The SMILES string of the molecule is CC(C)(C)OC(=O)N[C@H](C(=O)Nc1cc2c3c(c(-c4ccccc4)[nH]c3c1)C=NNC2=O)C1CCCCC1. The molecule has 1 aliphatic carbocycles. The molecule has 3 amide bonds. The maximum absolute atomic E-state index is 13.6. The Bertz CT molecular complexity index is 1400. The van der Waals surface area contributed by atoms with Crippen molar-refractivity contribution in [3.05, 3.63) is 53.6 Å². The number of alkyl carbamates (subject to hydrolysis) is 1. The highest BCUT2D eigenvalue weighted by molar-refractivity contribution is 6.18. The van der Waals surface area contributed by atoms with Gasteiger partial charge in [-0.3, -0.25) is 9.59 Å². The van der Waals surface area contributed by atoms with E-state index in [1.165, 1.54) is 0 Å². The van der Waals surface area contributed by atoms with Crippen molar-refractivity contribution in [1.82, 2.24) is 15.7 Å². The van der Waals surface area contributed by atoms with Crippen LogP contribution in [0.25, 0.3) is 22.2 Å². The molecular weight excluding hydrogens is 482 g/mol. The summed E-state index contributed by atoms with van der Waals surface area (Å²) in [6.07, 6.45) is 5.84. The molecule has 1 fully saturated rings. The number of hydrogen-bond acceptors (Lipinski definition) is 5. The molecule has 2 heterocycles. The predicted octanol–water partition coefficient (Wildman–Crippen LogP) is 5.32. The number of carbonyl (C=O) groups excluding carboxylic acids is 3. The molecule has 0 bridgehead atoms. The van der Waals surface area contributed by atoms with Gasteiger partial charge in [-0.1, -0.05) is 49.6 Å². The standard InChI is InChI=1S/C29H33N5O4/c1-29(2,3)38-28(37)33-25(18-12-8-5-9-13-18)27(36)31-19-14-20-23-21(16-30-34-26(20)35)24(32-22(23)15-19)17-10-6-4-7-11-17/h4,6-7,10-11,14-16,18,25,32H,5,8-9,12-13H2,1-3H3,(H,31,36)(H,33,37)(H,34,35)/t25-/m0/s1. The zero-order chi connectivity index (χ0) is 26.9. The first kappa shape index (κ1) is 25.5. The van der Waals surface area contributed by atoms with E-state index in [9.17, 15) is 14.4 Å². The minimum Gasteiger partial charge on any atom is -0.444 e. The van der Waals surface area contributed by atoms with E-state index >= 15 is 0 Å². The summed E-state index contributed by atoms with van der Waals surface area (Å²) < 4.78 is 5.45. The molecule has 1 atom stereocenters. The monoisotopic (exact) mass is 515 g/mol. The molecule has 9 nitrogen and oxygen atoms in total. The van der Waals surface area contributed by atoms with Crippen molar-refractivity contribution in [2.24, 2.45) is 11.0 Å². The van der Waals surface area contributed by atoms with Gasteiger partial charge in [0.15, 0.2) is 0 Å². The zero-order valence-corrected chi connectivity index (χ0v) is 21.9. The van der Waals surface area contributed by atoms with E-state index in [4.69, 9.17) is 4.74 Å². The van der Waals surface area contributed by atoms with Crippen LogP contribution in [0, 0.1) is 5.92 Å². The van der Waals surface area contributed by atoms with E-state index < -0.39 is 17.7 Å². The summed E-state index contributed by atoms with van der Waals surface area (Å²) in [5.74, 6) is -0.704. The normalized spacial score (nSPS) is 16.4. The van der Waals surface area contributed by atoms with E-state index in [2.05, 4.69) is 26.1 Å². The Balaban J connectivity index is 1.48. The Hall–Kier alpha value is -4.14. The Morgan fingerprint density at radius 1 is 1.08 bits per heavy atom. The van der Waals surface area contributed by atoms with Crippen LogP contribution < -0.4 is 16.1 Å². The van der Waals surface area contributed by atoms with Gasteiger partial charge in [0, 0.05) is 22.2 Å². The number of amides is 3. The molecule has 3 aromatic rings. The molecular formula is C29H33N5O4. The smallest absolute Gasteiger partial charge is 0.408 e. The number of hydrogen-bond donors (Lipinski definition) is 4. The molecule has 1 saturated carbocycles. The molecule has 2 aliphatic rings. The molecule has 1 aliphatic heterocycles. The maximum atomic E-state index is 13.6. The summed E-state index contributed by atoms with van der Waals surface area (Å²) in [4.78, 5) is 42.5. The molecule has 0 radical (unpaired) electrons. The Labute approximate surface area is 221 Å². The van der Waals surface area contributed by atoms with Gasteiger partial charge in [0.05, 0.1) is 17.5 Å². The average Bonchev–Trinajstić information content (AvgIpc) is 3.16. The summed E-state index contributed by atoms with van der Waals surface area (Å²) >= 11 is 0. The lowest BCUT2D eigenvalue weighted by atomic mass is 9.83. The molecule has 0 saturated heterocycles. The van der Waals surface area contributed by atoms with Crippen molar-refractivity contribution in [3.8, 4) is 11.3 Å². The number of carbonyl (C=O) groups is 3. The number of benzene rings is 2. The van der Waals surface area contributed by atoms with Crippen LogP contribution in [0.1, 0.15) is 68.8 Å². The van der Waals surface area contributed by atoms with Crippen LogP contribution in [0.5, 0.6) is 0 Å². The summed E-state index contributed by atoms with van der Waals surface area (Å²) in [6, 6.07) is 12.5. The van der Waals surface area contributed by atoms with E-state index in [1.54, 1.807) is 33.1 Å². The van der Waals surface area contributed by atoms with Gasteiger partial charge in [-0.05, 0) is 57.2 Å². The molecule has 198 valence electrons. The largest absolute Gasteiger partial charge is 0.444 e. The summed E-state index contributed by atoms with van der Waals surface area (Å²) in [6.45, 7) is 5.36. The third-order valence-electron chi connectivity index (χ3n) is 6.95. The number of nitrogens with zero attached hydrogens (tertiary/aromatic N) is 1. The third-order valence-corrected chi connectivity index (χ3v) is 6.95. The first-order valence-corrected chi connectivity index (χ1v) is 13.1. The van der Waals surface area contributed by atoms with Gasteiger partial charge in [0.1, 0.15) is 11.6 Å². The number of aromatic nitrogens is 1. The second kappa shape index (κ2) is 10.3. The van der Waals surface area contributed by atoms with Crippen LogP contribution in [0.4, 0.5) is 10.5 Å². The second-order valence-electron chi connectivity index (χ2n) is 10.9. The quantitative estimate of drug-likeness (QED) is 0.367. The molecule has 0 unspecified atom stereocenters. The van der Waals surface area contributed by atoms with E-state index in [0.717, 1.165) is 54.3 Å². The van der Waals surface area contributed by atoms with Crippen LogP contribution in [-0.2, 0) is 9.53 Å². The Morgan fingerprint density at radius 3 is 2.53 bits per heavy atom. The van der Waals surface area contributed by atoms with Crippen molar-refractivity contribution < 1.29 is 19.1 Å². The molecule has 9 heteroatoms. The lowest BCUT2D eigenvalue weighted by molar-refractivity contribution is -0.119. The summed E-state index contributed by atoms with van der Waals surface area (Å²) in [7, 11) is 0. The fraction of sp³-hybridized carbons (Fsp3) is 0.379. The molecule has 1 aromatic heterocycles. The van der Waals surface area contributed by atoms with Gasteiger partial charge < -0.3 is 20.4 Å². The first-order valence-electron chi connectivity index (χ1n) is 13.1. The highest BCUT2D eigenvalue weighted by Crippen LogP contribution is 2.35. The van der Waals surface area contributed by atoms with Crippen molar-refractivity contribution >= 4 is 40.7 Å². The molecule has 4 N–H and O–H groups in total. The van der Waals surface area contributed by atoms with Gasteiger partial charge in [-0.25, -0.2) is 10.2 Å². The number of anilines is 1. The van der Waals surface area contributed by atoms with Gasteiger partial charge in [-0.15, -0.1) is 0 Å². The van der Waals surface area contributed by atoms with Crippen LogP contribution >= 0.6 is 0 Å². The van der Waals surface area contributed by atoms with Crippen LogP contribution in [0.3, 0.4) is 0 Å². The second-order valence-corrected chi connectivity index (χ2v) is 10.9. The van der Waals surface area contributed by atoms with E-state index in [1.807, 2.05) is 36.4 Å². The molecule has 0 spiro atoms. The lowest BCUT2D eigenvalue weighted by Gasteiger charge is -2.31. The first-order chi connectivity index (χ1) is 18.2. The van der Waals surface area contributed by atoms with E-state index in [0.29, 0.717) is 16.8 Å². The minimum absolute atomic E-state index is 0.0000239. The van der Waals surface area contributed by atoms with Crippen molar-refractivity contribution in [2.75, 3.05) is 5.32 Å². The average molecular weight is 516 g/mol. The van der Waals surface area contributed by atoms with Gasteiger partial charge in [0.2, 0.25) is 5.91 Å². The number of aromatic amines is 1. The van der Waals surface area contributed by atoms with Crippen LogP contribution in [0.15, 0.2) is 47.6 Å². The van der Waals surface area contributed by atoms with Crippen LogP contribution in [0.2, 0.25) is 0 Å². The molecule has 2 aromatic carbocycles. The number of ether oxygens (including phenoxy) is 1. The van der Waals surface area contributed by atoms with Gasteiger partial charge >= 0.3 is 6.09 Å². The predicted molar refractivity (Wildman–Crippen MR) is 147 cm³/mol. The van der Waals surface area contributed by atoms with Crippen molar-refractivity contribution in [1.29, 1.82) is 0 Å². The Morgan fingerprint density at radius 2 is 1.82 bits per heavy atom. The lowest BCUT2D eigenvalue weighted by Crippen LogP contribution is -2.50. The number of rotatable bonds is 5. The van der Waals surface area contributed by atoms with Crippen LogP contribution in [-0.4, -0.2) is 40.7 Å². The van der Waals surface area contributed by atoms with Crippen molar-refractivity contribution in [3.63, 3.8) is 0 Å². The maximum Gasteiger partial charge on any atom is 0.408 e. The van der Waals surface area contributed by atoms with Gasteiger partial charge in [-0.2, -0.15) is 5.10 Å². The highest BCUT2D eigenvalue weighted by Gasteiger charge is 2.33. The minimum atomic E-state index is -0.753. The molecule has 5 rings (SSSR count). The Kier molecular flexibility index (Phi) is 6.93. The highest BCUT2D eigenvalue weighted by atomic mass is 16.6. The number of nitrogens with one attached hydrogen (secondary N) is 4. The topological polar surface area (TPSA) is 125 Å². The number of H-pyrrole nitrogens is 1. The third kappa shape index (κ3) is 5.41. The summed E-state index contributed by atoms with van der Waals surface area (Å²) in [5, 5.41) is 10.6. The molecule has 38 heavy (non-hydrogen) atoms.